The summed E-state index contributed by atoms with van der Waals surface area (Å²) in [4.78, 5) is 2.91. The van der Waals surface area contributed by atoms with Gasteiger partial charge in [-0.15, -0.1) is 0 Å². The van der Waals surface area contributed by atoms with Gasteiger partial charge in [0, 0.05) is 31.2 Å². The topological polar surface area (TPSA) is 24.5 Å². The summed E-state index contributed by atoms with van der Waals surface area (Å²) in [6, 6.07) is 2.22. The van der Waals surface area contributed by atoms with E-state index in [2.05, 4.69) is 17.1 Å². The van der Waals surface area contributed by atoms with Crippen LogP contribution in [-0.2, 0) is 4.74 Å². The summed E-state index contributed by atoms with van der Waals surface area (Å²) in [6.45, 7) is 5.38. The van der Waals surface area contributed by atoms with Crippen molar-refractivity contribution in [1.29, 1.82) is 0 Å². The number of hydrogen-bond acceptors (Lipinski definition) is 3. The zero-order valence-corrected chi connectivity index (χ0v) is 13.9. The predicted molar refractivity (Wildman–Crippen MR) is 87.7 cm³/mol. The van der Waals surface area contributed by atoms with Crippen molar-refractivity contribution in [1.82, 2.24) is 10.2 Å². The first-order valence-electron chi connectivity index (χ1n) is 9.46. The van der Waals surface area contributed by atoms with Crippen LogP contribution in [0.1, 0.15) is 71.1 Å². The van der Waals surface area contributed by atoms with Gasteiger partial charge in [-0.3, -0.25) is 4.90 Å². The van der Waals surface area contributed by atoms with E-state index >= 15 is 0 Å². The smallest absolute Gasteiger partial charge is 0.0852 e. The molecule has 0 bridgehead atoms. The Bertz CT molecular complexity index is 274. The van der Waals surface area contributed by atoms with Crippen molar-refractivity contribution in [3.05, 3.63) is 0 Å². The lowest BCUT2D eigenvalue weighted by molar-refractivity contribution is -0.0615. The normalized spacial score (nSPS) is 31.4. The van der Waals surface area contributed by atoms with Gasteiger partial charge in [0.25, 0.3) is 0 Å². The number of ether oxygens (including phenoxy) is 1. The Morgan fingerprint density at radius 1 is 0.905 bits per heavy atom. The van der Waals surface area contributed by atoms with E-state index in [0.29, 0.717) is 12.1 Å². The van der Waals surface area contributed by atoms with Crippen LogP contribution in [-0.4, -0.2) is 48.8 Å². The lowest BCUT2D eigenvalue weighted by Gasteiger charge is -2.47. The van der Waals surface area contributed by atoms with Crippen molar-refractivity contribution >= 4 is 0 Å². The van der Waals surface area contributed by atoms with Gasteiger partial charge in [0.2, 0.25) is 0 Å². The van der Waals surface area contributed by atoms with Crippen LogP contribution in [0.25, 0.3) is 0 Å². The molecular formula is C18H34N2O. The lowest BCUT2D eigenvalue weighted by atomic mass is 9.86. The van der Waals surface area contributed by atoms with E-state index in [0.717, 1.165) is 31.8 Å². The molecule has 2 aliphatic carbocycles. The average molecular weight is 294 g/mol. The van der Waals surface area contributed by atoms with E-state index < -0.39 is 0 Å². The van der Waals surface area contributed by atoms with Gasteiger partial charge >= 0.3 is 0 Å². The predicted octanol–water partition coefficient (Wildman–Crippen LogP) is 3.33. The highest BCUT2D eigenvalue weighted by Gasteiger charge is 2.36. The van der Waals surface area contributed by atoms with Gasteiger partial charge in [-0.05, 0) is 32.6 Å². The Labute approximate surface area is 130 Å². The molecule has 0 spiro atoms. The molecule has 3 heteroatoms. The first-order valence-corrected chi connectivity index (χ1v) is 9.46. The van der Waals surface area contributed by atoms with Crippen LogP contribution in [0.5, 0.6) is 0 Å². The standard InChI is InChI=1S/C18H34N2O/c1-15(18-14-19-12-13-21-18)20(16-8-4-2-5-9-16)17-10-6-3-7-11-17/h15-19H,2-14H2,1H3. The first kappa shape index (κ1) is 15.8. The molecule has 1 heterocycles. The molecule has 2 atom stereocenters. The summed E-state index contributed by atoms with van der Waals surface area (Å²) < 4.78 is 6.10. The molecule has 21 heavy (non-hydrogen) atoms. The van der Waals surface area contributed by atoms with Crippen molar-refractivity contribution in [2.75, 3.05) is 19.7 Å². The summed E-state index contributed by atoms with van der Waals surface area (Å²) in [7, 11) is 0. The molecule has 2 unspecified atom stereocenters. The SMILES string of the molecule is CC(C1CNCCO1)N(C1CCCCC1)C1CCCCC1. The fourth-order valence-corrected chi connectivity index (χ4v) is 4.81. The van der Waals surface area contributed by atoms with Crippen molar-refractivity contribution in [3.8, 4) is 0 Å². The number of nitrogens with one attached hydrogen (secondary N) is 1. The number of nitrogens with zero attached hydrogens (tertiary/aromatic N) is 1. The van der Waals surface area contributed by atoms with Crippen LogP contribution in [0.15, 0.2) is 0 Å². The summed E-state index contributed by atoms with van der Waals surface area (Å²) in [6.07, 6.45) is 14.7. The average Bonchev–Trinajstić information content (AvgIpc) is 2.58. The van der Waals surface area contributed by atoms with E-state index in [9.17, 15) is 0 Å². The highest BCUT2D eigenvalue weighted by Crippen LogP contribution is 2.33. The molecule has 3 rings (SSSR count). The van der Waals surface area contributed by atoms with E-state index in [4.69, 9.17) is 4.74 Å². The van der Waals surface area contributed by atoms with Crippen molar-refractivity contribution < 1.29 is 4.74 Å². The van der Waals surface area contributed by atoms with Crippen LogP contribution in [0.2, 0.25) is 0 Å². The second kappa shape index (κ2) is 7.94. The summed E-state index contributed by atoms with van der Waals surface area (Å²) in [5.74, 6) is 0. The summed E-state index contributed by atoms with van der Waals surface area (Å²) in [5, 5.41) is 3.52. The van der Waals surface area contributed by atoms with Gasteiger partial charge in [-0.1, -0.05) is 38.5 Å². The Balaban J connectivity index is 1.69. The maximum atomic E-state index is 6.10. The second-order valence-corrected chi connectivity index (χ2v) is 7.38. The molecule has 0 radical (unpaired) electrons. The lowest BCUT2D eigenvalue weighted by Crippen LogP contribution is -2.57. The number of hydrogen-bond donors (Lipinski definition) is 1. The monoisotopic (exact) mass is 294 g/mol. The molecule has 0 amide bonds. The van der Waals surface area contributed by atoms with Crippen LogP contribution < -0.4 is 5.32 Å². The Morgan fingerprint density at radius 3 is 1.95 bits per heavy atom. The largest absolute Gasteiger partial charge is 0.374 e. The minimum atomic E-state index is 0.391. The quantitative estimate of drug-likeness (QED) is 0.861. The van der Waals surface area contributed by atoms with Crippen molar-refractivity contribution in [3.63, 3.8) is 0 Å². The van der Waals surface area contributed by atoms with E-state index in [1.54, 1.807) is 0 Å². The maximum absolute atomic E-state index is 6.10. The molecule has 122 valence electrons. The molecule has 1 aliphatic heterocycles. The van der Waals surface area contributed by atoms with Crippen LogP contribution in [0.3, 0.4) is 0 Å². The molecule has 3 nitrogen and oxygen atoms in total. The Kier molecular flexibility index (Phi) is 5.96. The third kappa shape index (κ3) is 4.00. The Hall–Kier alpha value is -0.120. The van der Waals surface area contributed by atoms with Gasteiger partial charge in [0.15, 0.2) is 0 Å². The van der Waals surface area contributed by atoms with Gasteiger partial charge in [0.1, 0.15) is 0 Å². The number of morpholine rings is 1. The van der Waals surface area contributed by atoms with Crippen LogP contribution in [0.4, 0.5) is 0 Å². The third-order valence-electron chi connectivity index (χ3n) is 5.96. The minimum Gasteiger partial charge on any atom is -0.374 e. The molecular weight excluding hydrogens is 260 g/mol. The molecule has 1 N–H and O–H groups in total. The summed E-state index contributed by atoms with van der Waals surface area (Å²) >= 11 is 0. The molecule has 3 fully saturated rings. The van der Waals surface area contributed by atoms with Gasteiger partial charge in [-0.2, -0.15) is 0 Å². The highest BCUT2D eigenvalue weighted by atomic mass is 16.5. The molecule has 0 aromatic carbocycles. The van der Waals surface area contributed by atoms with Crippen molar-refractivity contribution in [2.24, 2.45) is 0 Å². The number of rotatable bonds is 4. The van der Waals surface area contributed by atoms with Gasteiger partial charge < -0.3 is 10.1 Å². The summed E-state index contributed by atoms with van der Waals surface area (Å²) in [5.41, 5.74) is 0. The Morgan fingerprint density at radius 2 is 1.48 bits per heavy atom. The molecule has 2 saturated carbocycles. The molecule has 0 aromatic rings. The third-order valence-corrected chi connectivity index (χ3v) is 5.96. The van der Waals surface area contributed by atoms with Crippen LogP contribution in [0, 0.1) is 0 Å². The minimum absolute atomic E-state index is 0.391. The zero-order chi connectivity index (χ0) is 14.5. The van der Waals surface area contributed by atoms with Gasteiger partial charge in [0.05, 0.1) is 12.7 Å². The fraction of sp³-hybridized carbons (Fsp3) is 1.00. The van der Waals surface area contributed by atoms with Gasteiger partial charge in [-0.25, -0.2) is 0 Å². The second-order valence-electron chi connectivity index (χ2n) is 7.38. The zero-order valence-electron chi connectivity index (χ0n) is 13.9. The highest BCUT2D eigenvalue weighted by molar-refractivity contribution is 4.91. The fourth-order valence-electron chi connectivity index (χ4n) is 4.81. The van der Waals surface area contributed by atoms with E-state index in [1.807, 2.05) is 0 Å². The molecule has 1 saturated heterocycles. The van der Waals surface area contributed by atoms with Crippen LogP contribution >= 0.6 is 0 Å². The first-order chi connectivity index (χ1) is 10.4. The maximum Gasteiger partial charge on any atom is 0.0852 e. The van der Waals surface area contributed by atoms with E-state index in [1.165, 1.54) is 64.2 Å². The van der Waals surface area contributed by atoms with Crippen molar-refractivity contribution in [2.45, 2.75) is 95.4 Å². The van der Waals surface area contributed by atoms with E-state index in [-0.39, 0.29) is 0 Å². The molecule has 3 aliphatic rings. The molecule has 0 aromatic heterocycles.